The van der Waals surface area contributed by atoms with Gasteiger partial charge in [0.2, 0.25) is 0 Å². The van der Waals surface area contributed by atoms with Crippen LogP contribution in [0.25, 0.3) is 10.4 Å². The van der Waals surface area contributed by atoms with Crippen molar-refractivity contribution >= 4 is 11.9 Å². The number of carbonyl (C=O) groups excluding carboxylic acids is 2. The van der Waals surface area contributed by atoms with Crippen molar-refractivity contribution in [3.8, 4) is 0 Å². The van der Waals surface area contributed by atoms with Crippen LogP contribution in [0.5, 0.6) is 0 Å². The average Bonchev–Trinajstić information content (AvgIpc) is 3.26. The molecule has 0 amide bonds. The molecular formula is C20H27N5O12. The van der Waals surface area contributed by atoms with Gasteiger partial charge in [-0.05, 0) is 12.5 Å². The SMILES string of the molecule is Cc1cn([C@H]2C[C@H](N=[N+]=[N-])[C@@H](COC(=O)CCC(=O)OC[C@H]3O[C@@H](O)[C@H](O)[C@@H](O)[C@@H]3O)O2)c(=O)[nH]c1=O. The van der Waals surface area contributed by atoms with E-state index in [0.717, 1.165) is 4.57 Å². The van der Waals surface area contributed by atoms with Gasteiger partial charge in [-0.15, -0.1) is 0 Å². The minimum atomic E-state index is -1.78. The molecule has 3 rings (SSSR count). The average molecular weight is 529 g/mol. The highest BCUT2D eigenvalue weighted by atomic mass is 16.7. The Morgan fingerprint density at radius 1 is 1.08 bits per heavy atom. The second-order valence-corrected chi connectivity index (χ2v) is 8.52. The Morgan fingerprint density at radius 3 is 2.32 bits per heavy atom. The Kier molecular flexibility index (Phi) is 9.39. The molecule has 1 aromatic rings. The molecule has 2 aliphatic rings. The number of azide groups is 1. The van der Waals surface area contributed by atoms with Crippen molar-refractivity contribution in [3.63, 3.8) is 0 Å². The van der Waals surface area contributed by atoms with Crippen LogP contribution in [0.3, 0.4) is 0 Å². The Balaban J connectivity index is 1.46. The number of aliphatic hydroxyl groups is 4. The molecular weight excluding hydrogens is 502 g/mol. The van der Waals surface area contributed by atoms with Crippen molar-refractivity contribution in [2.45, 2.75) is 75.3 Å². The van der Waals surface area contributed by atoms with Crippen molar-refractivity contribution in [3.05, 3.63) is 43.0 Å². The number of hydrogen-bond donors (Lipinski definition) is 5. The number of ether oxygens (including phenoxy) is 4. The third kappa shape index (κ3) is 6.92. The number of nitrogens with zero attached hydrogens (tertiary/aromatic N) is 4. The Bertz CT molecular complexity index is 1150. The normalized spacial score (nSPS) is 31.4. The van der Waals surface area contributed by atoms with E-state index < -0.39 is 91.7 Å². The van der Waals surface area contributed by atoms with Crippen molar-refractivity contribution < 1.29 is 49.0 Å². The highest BCUT2D eigenvalue weighted by molar-refractivity contribution is 5.77. The summed E-state index contributed by atoms with van der Waals surface area (Å²) in [6.45, 7) is 0.607. The van der Waals surface area contributed by atoms with Gasteiger partial charge in [-0.1, -0.05) is 5.11 Å². The molecule has 0 bridgehead atoms. The number of aromatic nitrogens is 2. The van der Waals surface area contributed by atoms with Crippen LogP contribution >= 0.6 is 0 Å². The first-order chi connectivity index (χ1) is 17.5. The molecule has 0 aromatic carbocycles. The smallest absolute Gasteiger partial charge is 0.330 e. The molecule has 2 fully saturated rings. The zero-order valence-corrected chi connectivity index (χ0v) is 19.6. The minimum absolute atomic E-state index is 0.0828. The van der Waals surface area contributed by atoms with Gasteiger partial charge >= 0.3 is 17.6 Å². The van der Waals surface area contributed by atoms with E-state index in [2.05, 4.69) is 15.0 Å². The lowest BCUT2D eigenvalue weighted by Crippen LogP contribution is -2.58. The largest absolute Gasteiger partial charge is 0.463 e. The highest BCUT2D eigenvalue weighted by Crippen LogP contribution is 2.30. The summed E-state index contributed by atoms with van der Waals surface area (Å²) in [5, 5.41) is 42.0. The first-order valence-corrected chi connectivity index (χ1v) is 11.2. The van der Waals surface area contributed by atoms with Crippen molar-refractivity contribution in [2.24, 2.45) is 5.11 Å². The maximum absolute atomic E-state index is 12.1. The van der Waals surface area contributed by atoms with Crippen LogP contribution in [0.15, 0.2) is 20.9 Å². The summed E-state index contributed by atoms with van der Waals surface area (Å²) < 4.78 is 21.7. The van der Waals surface area contributed by atoms with E-state index in [1.165, 1.54) is 13.1 Å². The molecule has 37 heavy (non-hydrogen) atoms. The van der Waals surface area contributed by atoms with Crippen molar-refractivity contribution in [1.29, 1.82) is 0 Å². The summed E-state index contributed by atoms with van der Waals surface area (Å²) in [6.07, 6.45) is -9.32. The van der Waals surface area contributed by atoms with Gasteiger partial charge in [0, 0.05) is 23.1 Å². The molecule has 0 spiro atoms. The number of aryl methyl sites for hydroxylation is 1. The van der Waals surface area contributed by atoms with Gasteiger partial charge in [0.25, 0.3) is 5.56 Å². The fourth-order valence-corrected chi connectivity index (χ4v) is 3.79. The van der Waals surface area contributed by atoms with Crippen LogP contribution < -0.4 is 11.2 Å². The summed E-state index contributed by atoms with van der Waals surface area (Å²) in [4.78, 5) is 52.6. The van der Waals surface area contributed by atoms with Gasteiger partial charge in [0.05, 0.1) is 18.9 Å². The number of hydrogen-bond acceptors (Lipinski definition) is 13. The predicted molar refractivity (Wildman–Crippen MR) is 118 cm³/mol. The van der Waals surface area contributed by atoms with Crippen LogP contribution in [-0.4, -0.2) is 98.0 Å². The van der Waals surface area contributed by atoms with E-state index in [1.54, 1.807) is 0 Å². The number of nitrogens with one attached hydrogen (secondary N) is 1. The lowest BCUT2D eigenvalue weighted by atomic mass is 9.99. The van der Waals surface area contributed by atoms with Gasteiger partial charge in [-0.3, -0.25) is 23.9 Å². The van der Waals surface area contributed by atoms with Crippen LogP contribution in [0.4, 0.5) is 0 Å². The predicted octanol–water partition coefficient (Wildman–Crippen LogP) is -2.52. The third-order valence-electron chi connectivity index (χ3n) is 5.90. The summed E-state index contributed by atoms with van der Waals surface area (Å²) in [6, 6.07) is -0.780. The van der Waals surface area contributed by atoms with Gasteiger partial charge < -0.3 is 39.4 Å². The Hall–Kier alpha value is -3.31. The molecule has 17 nitrogen and oxygen atoms in total. The quantitative estimate of drug-likeness (QED) is 0.0961. The lowest BCUT2D eigenvalue weighted by Gasteiger charge is -2.37. The van der Waals surface area contributed by atoms with E-state index in [1.807, 2.05) is 0 Å². The maximum Gasteiger partial charge on any atom is 0.330 e. The highest BCUT2D eigenvalue weighted by Gasteiger charge is 2.43. The number of aliphatic hydroxyl groups excluding tert-OH is 4. The minimum Gasteiger partial charge on any atom is -0.463 e. The van der Waals surface area contributed by atoms with Gasteiger partial charge in [-0.25, -0.2) is 4.79 Å². The van der Waals surface area contributed by atoms with E-state index in [0.29, 0.717) is 0 Å². The van der Waals surface area contributed by atoms with E-state index in [4.69, 9.17) is 24.5 Å². The van der Waals surface area contributed by atoms with Crippen LogP contribution in [-0.2, 0) is 28.5 Å². The fraction of sp³-hybridized carbons (Fsp3) is 0.700. The van der Waals surface area contributed by atoms with E-state index >= 15 is 0 Å². The number of aromatic amines is 1. The molecule has 5 N–H and O–H groups in total. The topological polar surface area (TPSA) is 256 Å². The molecule has 2 aliphatic heterocycles. The monoisotopic (exact) mass is 529 g/mol. The lowest BCUT2D eigenvalue weighted by molar-refractivity contribution is -0.287. The molecule has 1 aromatic heterocycles. The second-order valence-electron chi connectivity index (χ2n) is 8.52. The number of rotatable bonds is 9. The number of H-pyrrole nitrogens is 1. The van der Waals surface area contributed by atoms with Gasteiger partial charge in [0.1, 0.15) is 50.0 Å². The fourth-order valence-electron chi connectivity index (χ4n) is 3.79. The summed E-state index contributed by atoms with van der Waals surface area (Å²) in [5.74, 6) is -1.66. The van der Waals surface area contributed by atoms with Crippen LogP contribution in [0.1, 0.15) is 31.1 Å². The first-order valence-electron chi connectivity index (χ1n) is 11.2. The number of esters is 2. The van der Waals surface area contributed by atoms with Crippen LogP contribution in [0.2, 0.25) is 0 Å². The zero-order valence-electron chi connectivity index (χ0n) is 19.6. The molecule has 2 saturated heterocycles. The molecule has 0 saturated carbocycles. The second kappa shape index (κ2) is 12.3. The van der Waals surface area contributed by atoms with E-state index in [9.17, 15) is 39.6 Å². The van der Waals surface area contributed by atoms with E-state index in [-0.39, 0.29) is 18.6 Å². The van der Waals surface area contributed by atoms with Gasteiger partial charge in [-0.2, -0.15) is 0 Å². The summed E-state index contributed by atoms with van der Waals surface area (Å²) in [5.41, 5.74) is 7.82. The standard InChI is InChI=1S/C20H27N5O12/c1-8-5-25(20(33)22-18(8)31)12-4-9(23-24-21)10(36-12)6-34-13(26)2-3-14(27)35-7-11-15(28)16(29)17(30)19(32)37-11/h5,9-12,15-17,19,28-30,32H,2-4,6-7H2,1H3,(H,22,31,33)/t9-,10+,11+,12+,15+,16-,17+,19+/m0/s1. The summed E-state index contributed by atoms with van der Waals surface area (Å²) in [7, 11) is 0. The Morgan fingerprint density at radius 2 is 1.70 bits per heavy atom. The van der Waals surface area contributed by atoms with Crippen molar-refractivity contribution in [1.82, 2.24) is 9.55 Å². The molecule has 0 unspecified atom stereocenters. The van der Waals surface area contributed by atoms with Gasteiger partial charge in [0.15, 0.2) is 6.29 Å². The molecule has 8 atom stereocenters. The molecule has 204 valence electrons. The molecule has 0 radical (unpaired) electrons. The third-order valence-corrected chi connectivity index (χ3v) is 5.90. The number of carbonyl (C=O) groups is 2. The molecule has 17 heteroatoms. The Labute approximate surface area is 207 Å². The molecule has 3 heterocycles. The maximum atomic E-state index is 12.1. The first kappa shape index (κ1) is 28.3. The van der Waals surface area contributed by atoms with Crippen molar-refractivity contribution in [2.75, 3.05) is 13.2 Å². The molecule has 0 aliphatic carbocycles. The van der Waals surface area contributed by atoms with Crippen LogP contribution in [0, 0.1) is 6.92 Å². The summed E-state index contributed by atoms with van der Waals surface area (Å²) >= 11 is 0. The zero-order chi connectivity index (χ0) is 27.3.